The lowest BCUT2D eigenvalue weighted by atomic mass is 9.79. The molecule has 2 rings (SSSR count). The first-order valence-corrected chi connectivity index (χ1v) is 6.96. The van der Waals surface area contributed by atoms with Gasteiger partial charge < -0.3 is 9.84 Å². The molecule has 1 aliphatic carbocycles. The molecule has 104 valence electrons. The fourth-order valence-corrected chi connectivity index (χ4v) is 3.15. The Morgan fingerprint density at radius 1 is 1.42 bits per heavy atom. The molecule has 19 heavy (non-hydrogen) atoms. The van der Waals surface area contributed by atoms with Crippen molar-refractivity contribution >= 4 is 5.97 Å². The average molecular weight is 262 g/mol. The van der Waals surface area contributed by atoms with Crippen molar-refractivity contribution in [1.82, 2.24) is 0 Å². The summed E-state index contributed by atoms with van der Waals surface area (Å²) in [6.45, 7) is 2.15. The number of rotatable bonds is 5. The zero-order valence-corrected chi connectivity index (χ0v) is 11.7. The lowest BCUT2D eigenvalue weighted by Crippen LogP contribution is -2.30. The smallest absolute Gasteiger partial charge is 0.309 e. The summed E-state index contributed by atoms with van der Waals surface area (Å²) in [5, 5.41) is 9.61. The van der Waals surface area contributed by atoms with E-state index < -0.39 is 11.4 Å². The van der Waals surface area contributed by atoms with Crippen molar-refractivity contribution < 1.29 is 14.6 Å². The quantitative estimate of drug-likeness (QED) is 0.883. The van der Waals surface area contributed by atoms with Gasteiger partial charge in [-0.15, -0.1) is 0 Å². The van der Waals surface area contributed by atoms with Gasteiger partial charge in [-0.05, 0) is 49.3 Å². The molecule has 1 fully saturated rings. The normalized spacial score (nSPS) is 26.3. The maximum absolute atomic E-state index is 11.7. The van der Waals surface area contributed by atoms with Crippen molar-refractivity contribution in [3.8, 4) is 5.75 Å². The highest BCUT2D eigenvalue weighted by atomic mass is 16.5. The second kappa shape index (κ2) is 5.64. The van der Waals surface area contributed by atoms with Crippen LogP contribution in [0.25, 0.3) is 0 Å². The van der Waals surface area contributed by atoms with E-state index in [1.165, 1.54) is 0 Å². The zero-order chi connectivity index (χ0) is 13.9. The Bertz CT molecular complexity index is 438. The second-order valence-corrected chi connectivity index (χ2v) is 5.63. The van der Waals surface area contributed by atoms with Crippen LogP contribution in [0.15, 0.2) is 24.3 Å². The number of hydrogen-bond donors (Lipinski definition) is 1. The molecule has 0 heterocycles. The molecule has 1 aromatic rings. The van der Waals surface area contributed by atoms with E-state index in [-0.39, 0.29) is 0 Å². The molecular formula is C16H22O3. The lowest BCUT2D eigenvalue weighted by Gasteiger charge is -2.24. The molecule has 0 bridgehead atoms. The Morgan fingerprint density at radius 3 is 2.58 bits per heavy atom. The molecule has 0 aliphatic heterocycles. The van der Waals surface area contributed by atoms with Crippen molar-refractivity contribution in [2.24, 2.45) is 11.3 Å². The molecule has 0 amide bonds. The Hall–Kier alpha value is -1.51. The number of methoxy groups -OCH3 is 1. The van der Waals surface area contributed by atoms with Crippen molar-refractivity contribution in [3.05, 3.63) is 29.8 Å². The van der Waals surface area contributed by atoms with Crippen LogP contribution in [0.1, 0.15) is 38.2 Å². The van der Waals surface area contributed by atoms with Gasteiger partial charge in [-0.1, -0.05) is 25.5 Å². The van der Waals surface area contributed by atoms with E-state index in [0.717, 1.165) is 37.0 Å². The first-order valence-electron chi connectivity index (χ1n) is 6.96. The minimum absolute atomic E-state index is 0.560. The van der Waals surface area contributed by atoms with Crippen LogP contribution in [0, 0.1) is 11.3 Å². The molecule has 0 radical (unpaired) electrons. The van der Waals surface area contributed by atoms with Crippen LogP contribution >= 0.6 is 0 Å². The van der Waals surface area contributed by atoms with Crippen molar-refractivity contribution in [2.75, 3.05) is 7.11 Å². The van der Waals surface area contributed by atoms with Crippen molar-refractivity contribution in [1.29, 1.82) is 0 Å². The minimum Gasteiger partial charge on any atom is -0.497 e. The molecule has 1 saturated carbocycles. The summed E-state index contributed by atoms with van der Waals surface area (Å²) in [5.74, 6) is 0.736. The van der Waals surface area contributed by atoms with Gasteiger partial charge in [-0.25, -0.2) is 0 Å². The highest BCUT2D eigenvalue weighted by Crippen LogP contribution is 2.45. The topological polar surface area (TPSA) is 46.5 Å². The van der Waals surface area contributed by atoms with Gasteiger partial charge in [0.05, 0.1) is 12.5 Å². The summed E-state index contributed by atoms with van der Waals surface area (Å²) in [4.78, 5) is 11.7. The molecule has 1 aliphatic rings. The molecule has 0 spiro atoms. The molecule has 3 nitrogen and oxygen atoms in total. The van der Waals surface area contributed by atoms with E-state index in [1.54, 1.807) is 7.11 Å². The van der Waals surface area contributed by atoms with Crippen LogP contribution in [-0.2, 0) is 11.2 Å². The van der Waals surface area contributed by atoms with Crippen molar-refractivity contribution in [2.45, 2.75) is 39.0 Å². The van der Waals surface area contributed by atoms with Gasteiger partial charge in [-0.2, -0.15) is 0 Å². The first kappa shape index (κ1) is 13.9. The van der Waals surface area contributed by atoms with Crippen LogP contribution in [0.4, 0.5) is 0 Å². The average Bonchev–Trinajstić information content (AvgIpc) is 2.84. The molecule has 3 heteroatoms. The number of hydrogen-bond acceptors (Lipinski definition) is 2. The highest BCUT2D eigenvalue weighted by molar-refractivity contribution is 5.75. The summed E-state index contributed by atoms with van der Waals surface area (Å²) in [7, 11) is 1.64. The third kappa shape index (κ3) is 2.91. The number of carboxylic acid groups (broad SMARTS) is 1. The van der Waals surface area contributed by atoms with Gasteiger partial charge in [0.25, 0.3) is 0 Å². The summed E-state index contributed by atoms with van der Waals surface area (Å²) < 4.78 is 5.13. The van der Waals surface area contributed by atoms with Gasteiger partial charge in [0.1, 0.15) is 5.75 Å². The number of ether oxygens (including phenoxy) is 1. The highest BCUT2D eigenvalue weighted by Gasteiger charge is 2.44. The van der Waals surface area contributed by atoms with E-state index in [4.69, 9.17) is 4.74 Å². The maximum atomic E-state index is 11.7. The van der Waals surface area contributed by atoms with E-state index >= 15 is 0 Å². The molecule has 0 saturated heterocycles. The monoisotopic (exact) mass is 262 g/mol. The third-order valence-electron chi connectivity index (χ3n) is 4.44. The number of aliphatic carboxylic acids is 1. The van der Waals surface area contributed by atoms with Crippen LogP contribution in [0.3, 0.4) is 0 Å². The standard InChI is InChI=1S/C16H22O3/c1-3-12-8-9-16(10-12,15(17)18)11-13-4-6-14(19-2)7-5-13/h4-7,12H,3,8-11H2,1-2H3,(H,17,18). The van der Waals surface area contributed by atoms with E-state index in [0.29, 0.717) is 12.3 Å². The van der Waals surface area contributed by atoms with Gasteiger partial charge >= 0.3 is 5.97 Å². The van der Waals surface area contributed by atoms with E-state index in [9.17, 15) is 9.90 Å². The number of carboxylic acids is 1. The lowest BCUT2D eigenvalue weighted by molar-refractivity contribution is -0.148. The third-order valence-corrected chi connectivity index (χ3v) is 4.44. The Morgan fingerprint density at radius 2 is 2.11 bits per heavy atom. The maximum Gasteiger partial charge on any atom is 0.309 e. The number of carbonyl (C=O) groups is 1. The summed E-state index contributed by atoms with van der Waals surface area (Å²) in [6, 6.07) is 7.75. The van der Waals surface area contributed by atoms with Crippen molar-refractivity contribution in [3.63, 3.8) is 0 Å². The van der Waals surface area contributed by atoms with E-state index in [1.807, 2.05) is 24.3 Å². The Labute approximate surface area is 114 Å². The largest absolute Gasteiger partial charge is 0.497 e. The molecule has 1 N–H and O–H groups in total. The van der Waals surface area contributed by atoms with Crippen LogP contribution < -0.4 is 4.74 Å². The molecule has 1 aromatic carbocycles. The summed E-state index contributed by atoms with van der Waals surface area (Å²) >= 11 is 0. The van der Waals surface area contributed by atoms with Gasteiger partial charge in [0, 0.05) is 0 Å². The zero-order valence-electron chi connectivity index (χ0n) is 11.7. The van der Waals surface area contributed by atoms with Gasteiger partial charge in [0.15, 0.2) is 0 Å². The molecular weight excluding hydrogens is 240 g/mol. The number of benzene rings is 1. The molecule has 0 aromatic heterocycles. The SMILES string of the molecule is CCC1CCC(Cc2ccc(OC)cc2)(C(=O)O)C1. The predicted octanol–water partition coefficient (Wildman–Crippen LogP) is 3.52. The van der Waals surface area contributed by atoms with Crippen LogP contribution in [0.2, 0.25) is 0 Å². The summed E-state index contributed by atoms with van der Waals surface area (Å²) in [5.41, 5.74) is 0.523. The fourth-order valence-electron chi connectivity index (χ4n) is 3.15. The second-order valence-electron chi connectivity index (χ2n) is 5.63. The minimum atomic E-state index is -0.640. The Kier molecular flexibility index (Phi) is 4.13. The summed E-state index contributed by atoms with van der Waals surface area (Å²) in [6.07, 6.45) is 4.36. The first-order chi connectivity index (χ1) is 9.09. The molecule has 2 unspecified atom stereocenters. The van der Waals surface area contributed by atoms with Crippen LogP contribution in [0.5, 0.6) is 5.75 Å². The molecule has 2 atom stereocenters. The predicted molar refractivity (Wildman–Crippen MR) is 74.4 cm³/mol. The van der Waals surface area contributed by atoms with Gasteiger partial charge in [0.2, 0.25) is 0 Å². The fraction of sp³-hybridized carbons (Fsp3) is 0.562. The van der Waals surface area contributed by atoms with Gasteiger partial charge in [-0.3, -0.25) is 4.79 Å². The van der Waals surface area contributed by atoms with Crippen LogP contribution in [-0.4, -0.2) is 18.2 Å². The van der Waals surface area contributed by atoms with E-state index in [2.05, 4.69) is 6.92 Å². The Balaban J connectivity index is 2.15.